The van der Waals surface area contributed by atoms with Gasteiger partial charge in [0.15, 0.2) is 0 Å². The van der Waals surface area contributed by atoms with Crippen molar-refractivity contribution in [3.63, 3.8) is 0 Å². The molecular formula is C27H29NO8S. The summed E-state index contributed by atoms with van der Waals surface area (Å²) in [6.45, 7) is -0.223. The van der Waals surface area contributed by atoms with Crippen LogP contribution in [0.1, 0.15) is 16.7 Å². The maximum absolute atomic E-state index is 12.1. The van der Waals surface area contributed by atoms with E-state index in [4.69, 9.17) is 18.4 Å². The smallest absolute Gasteiger partial charge is 0.407 e. The molecule has 1 heterocycles. The molecule has 0 radical (unpaired) electrons. The Kier molecular flexibility index (Phi) is 7.72. The van der Waals surface area contributed by atoms with Crippen LogP contribution in [0.2, 0.25) is 0 Å². The summed E-state index contributed by atoms with van der Waals surface area (Å²) in [7, 11) is -0.740. The third-order valence-corrected chi connectivity index (χ3v) is 6.88. The average molecular weight is 528 g/mol. The zero-order chi connectivity index (χ0) is 26.6. The predicted molar refractivity (Wildman–Crippen MR) is 136 cm³/mol. The van der Waals surface area contributed by atoms with E-state index in [1.165, 1.54) is 0 Å². The molecule has 37 heavy (non-hydrogen) atoms. The first-order valence-electron chi connectivity index (χ1n) is 11.5. The van der Waals surface area contributed by atoms with Gasteiger partial charge in [-0.25, -0.2) is 4.79 Å². The van der Waals surface area contributed by atoms with Crippen molar-refractivity contribution in [3.05, 3.63) is 95.6 Å². The van der Waals surface area contributed by atoms with Crippen LogP contribution in [0.15, 0.2) is 78.9 Å². The molecule has 1 aliphatic heterocycles. The first-order chi connectivity index (χ1) is 17.7. The molecule has 3 aromatic rings. The number of likely N-dealkylation sites (tertiary alicyclic amines) is 1. The molecule has 1 fully saturated rings. The van der Waals surface area contributed by atoms with Gasteiger partial charge in [-0.2, -0.15) is 8.42 Å². The number of ether oxygens (including phenoxy) is 3. The van der Waals surface area contributed by atoms with Gasteiger partial charge in [-0.15, -0.1) is 0 Å². The van der Waals surface area contributed by atoms with Crippen molar-refractivity contribution in [1.29, 1.82) is 0 Å². The fourth-order valence-corrected chi connectivity index (χ4v) is 5.22. The molecule has 0 spiro atoms. The number of methoxy groups -OCH3 is 2. The molecular weight excluding hydrogens is 498 g/mol. The van der Waals surface area contributed by atoms with E-state index in [9.17, 15) is 18.3 Å². The lowest BCUT2D eigenvalue weighted by atomic mass is 9.79. The summed E-state index contributed by atoms with van der Waals surface area (Å²) >= 11 is 0. The minimum absolute atomic E-state index is 0.0730. The van der Waals surface area contributed by atoms with Crippen LogP contribution >= 0.6 is 0 Å². The Hall–Kier alpha value is -3.60. The Morgan fingerprint density at radius 2 is 1.27 bits per heavy atom. The van der Waals surface area contributed by atoms with Crippen LogP contribution in [-0.2, 0) is 24.6 Å². The van der Waals surface area contributed by atoms with E-state index in [2.05, 4.69) is 0 Å². The zero-order valence-electron chi connectivity index (χ0n) is 20.7. The Balaban J connectivity index is 1.92. The van der Waals surface area contributed by atoms with Gasteiger partial charge in [0.2, 0.25) is 0 Å². The Morgan fingerprint density at radius 3 is 1.70 bits per heavy atom. The standard InChI is InChI=1S/C27H29NO8S/c1-33-22-13-9-20(10-14-22)27(19-7-5-4-6-8-19,21-11-15-23(34-2)16-12-21)35-24-17-28(26(29)30)18-25(24)36-37(3,31)32/h4-16,24-25H,17-18H2,1-3H3,(H,29,30). The number of amides is 1. The lowest BCUT2D eigenvalue weighted by Crippen LogP contribution is -2.42. The average Bonchev–Trinajstić information content (AvgIpc) is 3.28. The Morgan fingerprint density at radius 1 is 0.811 bits per heavy atom. The van der Waals surface area contributed by atoms with Crippen LogP contribution in [0.5, 0.6) is 11.5 Å². The molecule has 0 aliphatic carbocycles. The largest absolute Gasteiger partial charge is 0.497 e. The molecule has 9 nitrogen and oxygen atoms in total. The molecule has 0 bridgehead atoms. The fraction of sp³-hybridized carbons (Fsp3) is 0.296. The fourth-order valence-electron chi connectivity index (χ4n) is 4.59. The number of nitrogens with zero attached hydrogens (tertiary/aromatic N) is 1. The minimum atomic E-state index is -3.89. The van der Waals surface area contributed by atoms with Crippen molar-refractivity contribution in [1.82, 2.24) is 4.90 Å². The molecule has 3 aromatic carbocycles. The van der Waals surface area contributed by atoms with Crippen LogP contribution in [0.4, 0.5) is 4.79 Å². The number of hydrogen-bond acceptors (Lipinski definition) is 7. The van der Waals surface area contributed by atoms with Gasteiger partial charge < -0.3 is 24.2 Å². The molecule has 196 valence electrons. The number of carboxylic acid groups (broad SMARTS) is 1. The van der Waals surface area contributed by atoms with Crippen LogP contribution in [-0.4, -0.2) is 70.3 Å². The maximum atomic E-state index is 12.1. The molecule has 1 amide bonds. The van der Waals surface area contributed by atoms with Crippen LogP contribution in [0, 0.1) is 0 Å². The number of carbonyl (C=O) groups is 1. The van der Waals surface area contributed by atoms with Crippen LogP contribution in [0.25, 0.3) is 0 Å². The van der Waals surface area contributed by atoms with Crippen molar-refractivity contribution >= 4 is 16.2 Å². The van der Waals surface area contributed by atoms with E-state index in [0.29, 0.717) is 11.5 Å². The van der Waals surface area contributed by atoms with E-state index in [1.54, 1.807) is 14.2 Å². The first-order valence-corrected chi connectivity index (χ1v) is 13.4. The van der Waals surface area contributed by atoms with Crippen molar-refractivity contribution in [2.75, 3.05) is 33.6 Å². The lowest BCUT2D eigenvalue weighted by molar-refractivity contribution is -0.0741. The van der Waals surface area contributed by atoms with E-state index in [1.807, 2.05) is 78.9 Å². The monoisotopic (exact) mass is 527 g/mol. The molecule has 1 saturated heterocycles. The van der Waals surface area contributed by atoms with Gasteiger partial charge in [0, 0.05) is 0 Å². The van der Waals surface area contributed by atoms with Crippen LogP contribution in [0.3, 0.4) is 0 Å². The summed E-state index contributed by atoms with van der Waals surface area (Å²) in [5, 5.41) is 9.65. The van der Waals surface area contributed by atoms with Crippen molar-refractivity contribution < 1.29 is 36.7 Å². The van der Waals surface area contributed by atoms with Gasteiger partial charge in [-0.3, -0.25) is 4.18 Å². The molecule has 2 unspecified atom stereocenters. The van der Waals surface area contributed by atoms with Crippen molar-refractivity contribution in [3.8, 4) is 11.5 Å². The SMILES string of the molecule is COc1ccc(C(OC2CN(C(=O)O)CC2OS(C)(=O)=O)(c2ccccc2)c2ccc(OC)cc2)cc1. The molecule has 1 aliphatic rings. The second kappa shape index (κ2) is 10.8. The summed E-state index contributed by atoms with van der Waals surface area (Å²) in [6.07, 6.45) is -2.20. The highest BCUT2D eigenvalue weighted by Gasteiger charge is 2.47. The zero-order valence-corrected chi connectivity index (χ0v) is 21.6. The van der Waals surface area contributed by atoms with Crippen molar-refractivity contribution in [2.24, 2.45) is 0 Å². The topological polar surface area (TPSA) is 112 Å². The van der Waals surface area contributed by atoms with E-state index in [-0.39, 0.29) is 13.1 Å². The van der Waals surface area contributed by atoms with E-state index in [0.717, 1.165) is 27.8 Å². The van der Waals surface area contributed by atoms with Gasteiger partial charge in [0.25, 0.3) is 10.1 Å². The summed E-state index contributed by atoms with van der Waals surface area (Å²) in [5.41, 5.74) is 0.975. The lowest BCUT2D eigenvalue weighted by Gasteiger charge is -2.39. The first kappa shape index (κ1) is 26.5. The summed E-state index contributed by atoms with van der Waals surface area (Å²) in [6, 6.07) is 24.2. The van der Waals surface area contributed by atoms with Gasteiger partial charge in [-0.05, 0) is 41.0 Å². The van der Waals surface area contributed by atoms with Crippen LogP contribution < -0.4 is 9.47 Å². The number of hydrogen-bond donors (Lipinski definition) is 1. The second-order valence-corrected chi connectivity index (χ2v) is 10.3. The highest BCUT2D eigenvalue weighted by atomic mass is 32.2. The summed E-state index contributed by atoms with van der Waals surface area (Å²) in [4.78, 5) is 12.9. The molecule has 1 N–H and O–H groups in total. The molecule has 0 aromatic heterocycles. The number of benzene rings is 3. The third kappa shape index (κ3) is 5.71. The van der Waals surface area contributed by atoms with E-state index >= 15 is 0 Å². The quantitative estimate of drug-likeness (QED) is 0.331. The van der Waals surface area contributed by atoms with Gasteiger partial charge >= 0.3 is 6.09 Å². The highest BCUT2D eigenvalue weighted by molar-refractivity contribution is 7.86. The Bertz CT molecular complexity index is 1260. The maximum Gasteiger partial charge on any atom is 0.407 e. The van der Waals surface area contributed by atoms with Gasteiger partial charge in [-0.1, -0.05) is 54.6 Å². The molecule has 0 saturated carbocycles. The van der Waals surface area contributed by atoms with Gasteiger partial charge in [0.05, 0.1) is 33.6 Å². The normalized spacial score (nSPS) is 18.0. The predicted octanol–water partition coefficient (Wildman–Crippen LogP) is 3.72. The number of rotatable bonds is 9. The minimum Gasteiger partial charge on any atom is -0.497 e. The highest BCUT2D eigenvalue weighted by Crippen LogP contribution is 2.43. The van der Waals surface area contributed by atoms with Crippen molar-refractivity contribution in [2.45, 2.75) is 17.8 Å². The molecule has 4 rings (SSSR count). The van der Waals surface area contributed by atoms with Gasteiger partial charge in [0.1, 0.15) is 29.3 Å². The van der Waals surface area contributed by atoms with E-state index < -0.39 is 34.0 Å². The molecule has 2 atom stereocenters. The second-order valence-electron chi connectivity index (χ2n) is 8.69. The summed E-state index contributed by atoms with van der Waals surface area (Å²) < 4.78 is 47.0. The summed E-state index contributed by atoms with van der Waals surface area (Å²) in [5.74, 6) is 1.30. The third-order valence-electron chi connectivity index (χ3n) is 6.29. The molecule has 10 heteroatoms. The Labute approximate surface area is 216 Å².